The molecule has 0 aliphatic carbocycles. The predicted octanol–water partition coefficient (Wildman–Crippen LogP) is 0.409. The molecule has 0 heterocycles. The molecule has 1 rings (SSSR count). The van der Waals surface area contributed by atoms with Crippen LogP contribution in [-0.4, -0.2) is 45.4 Å². The molecule has 136 valence electrons. The second-order valence-corrected chi connectivity index (χ2v) is 6.66. The monoisotopic (exact) mass is 380 g/mol. The first kappa shape index (κ1) is 22.2. The summed E-state index contributed by atoms with van der Waals surface area (Å²) in [6.45, 7) is 2.29. The van der Waals surface area contributed by atoms with Gasteiger partial charge in [0.2, 0.25) is 15.9 Å². The maximum atomic E-state index is 12.0. The molecule has 0 aromatic heterocycles. The molecule has 0 aliphatic heterocycles. The minimum atomic E-state index is -3.80. The van der Waals surface area contributed by atoms with Gasteiger partial charge in [-0.2, -0.15) is 0 Å². The van der Waals surface area contributed by atoms with Gasteiger partial charge in [-0.1, -0.05) is 0 Å². The van der Waals surface area contributed by atoms with Gasteiger partial charge in [-0.25, -0.2) is 13.1 Å². The van der Waals surface area contributed by atoms with E-state index in [4.69, 9.17) is 0 Å². The summed E-state index contributed by atoms with van der Waals surface area (Å²) in [5.74, 6) is -0.265. The predicted molar refractivity (Wildman–Crippen MR) is 91.7 cm³/mol. The lowest BCUT2D eigenvalue weighted by Crippen LogP contribution is -2.38. The van der Waals surface area contributed by atoms with E-state index in [1.807, 2.05) is 6.92 Å². The van der Waals surface area contributed by atoms with Crippen LogP contribution in [0.3, 0.4) is 0 Å². The number of likely N-dealkylation sites (N-methyl/N-ethyl adjacent to an activating group) is 1. The fourth-order valence-corrected chi connectivity index (χ4v) is 2.62. The quantitative estimate of drug-likeness (QED) is 0.420. The van der Waals surface area contributed by atoms with Crippen molar-refractivity contribution >= 4 is 34.0 Å². The Morgan fingerprint density at radius 1 is 1.29 bits per heavy atom. The molecule has 3 N–H and O–H groups in total. The van der Waals surface area contributed by atoms with E-state index in [-0.39, 0.29) is 47.9 Å². The molecule has 0 radical (unpaired) electrons. The lowest BCUT2D eigenvalue weighted by molar-refractivity contribution is -0.384. The summed E-state index contributed by atoms with van der Waals surface area (Å²) < 4.78 is 26.3. The highest BCUT2D eigenvalue weighted by molar-refractivity contribution is 7.89. The molecule has 0 saturated heterocycles. The lowest BCUT2D eigenvalue weighted by atomic mass is 10.3. The molecule has 1 unspecified atom stereocenters. The topological polar surface area (TPSA) is 130 Å². The second kappa shape index (κ2) is 10.2. The maximum absolute atomic E-state index is 12.0. The largest absolute Gasteiger partial charge is 0.355 e. The Morgan fingerprint density at radius 3 is 2.38 bits per heavy atom. The Labute approximate surface area is 146 Å². The number of halogens is 1. The van der Waals surface area contributed by atoms with Crippen LogP contribution in [-0.2, 0) is 14.8 Å². The molecule has 0 bridgehead atoms. The Morgan fingerprint density at radius 2 is 1.88 bits per heavy atom. The third kappa shape index (κ3) is 7.21. The molecule has 1 amide bonds. The fourth-order valence-electron chi connectivity index (χ4n) is 1.59. The first-order valence-electron chi connectivity index (χ1n) is 6.94. The summed E-state index contributed by atoms with van der Waals surface area (Å²) in [7, 11) is -2.03. The average molecular weight is 381 g/mol. The van der Waals surface area contributed by atoms with Gasteiger partial charge in [0, 0.05) is 37.7 Å². The van der Waals surface area contributed by atoms with E-state index in [0.717, 1.165) is 24.3 Å². The van der Waals surface area contributed by atoms with Gasteiger partial charge < -0.3 is 10.6 Å². The summed E-state index contributed by atoms with van der Waals surface area (Å²) in [6, 6.07) is 4.64. The van der Waals surface area contributed by atoms with Crippen molar-refractivity contribution in [1.29, 1.82) is 0 Å². The van der Waals surface area contributed by atoms with Crippen molar-refractivity contribution in [3.05, 3.63) is 34.4 Å². The lowest BCUT2D eigenvalue weighted by Gasteiger charge is -2.11. The zero-order valence-electron chi connectivity index (χ0n) is 13.3. The van der Waals surface area contributed by atoms with E-state index in [2.05, 4.69) is 15.4 Å². The third-order valence-corrected chi connectivity index (χ3v) is 4.58. The molecule has 11 heteroatoms. The number of rotatable bonds is 9. The first-order chi connectivity index (χ1) is 10.8. The first-order valence-corrected chi connectivity index (χ1v) is 8.42. The third-order valence-electron chi connectivity index (χ3n) is 3.10. The summed E-state index contributed by atoms with van der Waals surface area (Å²) in [5.41, 5.74) is -0.193. The molecule has 1 aromatic carbocycles. The average Bonchev–Trinajstić information content (AvgIpc) is 2.52. The molecule has 0 fully saturated rings. The van der Waals surface area contributed by atoms with Crippen LogP contribution >= 0.6 is 12.4 Å². The van der Waals surface area contributed by atoms with Crippen molar-refractivity contribution in [2.24, 2.45) is 0 Å². The summed E-state index contributed by atoms with van der Waals surface area (Å²) in [5, 5.41) is 16.2. The van der Waals surface area contributed by atoms with Gasteiger partial charge in [-0.3, -0.25) is 14.9 Å². The molecular weight excluding hydrogens is 360 g/mol. The highest BCUT2D eigenvalue weighted by Gasteiger charge is 2.16. The van der Waals surface area contributed by atoms with Crippen LogP contribution in [0, 0.1) is 10.1 Å². The zero-order chi connectivity index (χ0) is 17.5. The second-order valence-electron chi connectivity index (χ2n) is 4.89. The van der Waals surface area contributed by atoms with Crippen molar-refractivity contribution in [2.75, 3.05) is 20.1 Å². The highest BCUT2D eigenvalue weighted by Crippen LogP contribution is 2.15. The van der Waals surface area contributed by atoms with Crippen LogP contribution in [0.2, 0.25) is 0 Å². The van der Waals surface area contributed by atoms with Gasteiger partial charge >= 0.3 is 0 Å². The number of carbonyl (C=O) groups is 1. The number of sulfonamides is 1. The zero-order valence-corrected chi connectivity index (χ0v) is 14.9. The number of nitrogens with one attached hydrogen (secondary N) is 3. The smallest absolute Gasteiger partial charge is 0.269 e. The molecule has 24 heavy (non-hydrogen) atoms. The van der Waals surface area contributed by atoms with Crippen molar-refractivity contribution < 1.29 is 18.1 Å². The van der Waals surface area contributed by atoms with E-state index >= 15 is 0 Å². The van der Waals surface area contributed by atoms with E-state index in [1.165, 1.54) is 0 Å². The fraction of sp³-hybridized carbons (Fsp3) is 0.462. The molecular formula is C13H21ClN4O5S. The van der Waals surface area contributed by atoms with Crippen molar-refractivity contribution in [3.63, 3.8) is 0 Å². The van der Waals surface area contributed by atoms with E-state index < -0.39 is 14.9 Å². The van der Waals surface area contributed by atoms with Crippen LogP contribution in [0.1, 0.15) is 13.3 Å². The molecule has 0 spiro atoms. The van der Waals surface area contributed by atoms with Crippen LogP contribution in [0.4, 0.5) is 5.69 Å². The Balaban J connectivity index is 0.00000529. The van der Waals surface area contributed by atoms with Gasteiger partial charge in [-0.05, 0) is 26.1 Å². The number of nitrogens with zero attached hydrogens (tertiary/aromatic N) is 1. The molecule has 0 aliphatic rings. The summed E-state index contributed by atoms with van der Waals surface area (Å²) in [6.07, 6.45) is 0.00262. The number of hydrogen-bond donors (Lipinski definition) is 3. The molecule has 1 atom stereocenters. The number of nitro groups is 1. The van der Waals surface area contributed by atoms with Crippen molar-refractivity contribution in [1.82, 2.24) is 15.4 Å². The van der Waals surface area contributed by atoms with Crippen molar-refractivity contribution in [2.45, 2.75) is 24.3 Å². The standard InChI is InChI=1S/C13H20N4O5S.ClH/c1-10(14-2)9-15-13(18)7-8-16-23(21,22)12-5-3-11(4-6-12)17(19)20;/h3-6,10,14,16H,7-9H2,1-2H3,(H,15,18);1H. The number of amides is 1. The number of non-ortho nitro benzene ring substituents is 1. The van der Waals surface area contributed by atoms with Gasteiger partial charge in [0.05, 0.1) is 9.82 Å². The number of hydrogen-bond acceptors (Lipinski definition) is 6. The molecule has 9 nitrogen and oxygen atoms in total. The number of carbonyl (C=O) groups excluding carboxylic acids is 1. The van der Waals surface area contributed by atoms with E-state index in [0.29, 0.717) is 6.54 Å². The molecule has 1 aromatic rings. The van der Waals surface area contributed by atoms with E-state index in [9.17, 15) is 23.3 Å². The number of benzene rings is 1. The Hall–Kier alpha value is -1.75. The molecule has 0 saturated carbocycles. The number of nitro benzene ring substituents is 1. The highest BCUT2D eigenvalue weighted by atomic mass is 35.5. The van der Waals surface area contributed by atoms with Crippen LogP contribution < -0.4 is 15.4 Å². The van der Waals surface area contributed by atoms with Gasteiger partial charge in [0.15, 0.2) is 0 Å². The van der Waals surface area contributed by atoms with Crippen LogP contribution in [0.15, 0.2) is 29.2 Å². The van der Waals surface area contributed by atoms with Crippen LogP contribution in [0.5, 0.6) is 0 Å². The maximum Gasteiger partial charge on any atom is 0.269 e. The summed E-state index contributed by atoms with van der Waals surface area (Å²) >= 11 is 0. The summed E-state index contributed by atoms with van der Waals surface area (Å²) in [4.78, 5) is 21.4. The minimum Gasteiger partial charge on any atom is -0.355 e. The van der Waals surface area contributed by atoms with Gasteiger partial charge in [0.25, 0.3) is 5.69 Å². The van der Waals surface area contributed by atoms with Gasteiger partial charge in [-0.15, -0.1) is 12.4 Å². The Kier molecular flexibility index (Phi) is 9.44. The normalized spacial score (nSPS) is 12.1. The van der Waals surface area contributed by atoms with Gasteiger partial charge in [0.1, 0.15) is 0 Å². The van der Waals surface area contributed by atoms with E-state index in [1.54, 1.807) is 7.05 Å². The Bertz CT molecular complexity index is 651. The van der Waals surface area contributed by atoms with Crippen LogP contribution in [0.25, 0.3) is 0 Å². The SMILES string of the molecule is CNC(C)CNC(=O)CCNS(=O)(=O)c1ccc([N+](=O)[O-])cc1.Cl. The van der Waals surface area contributed by atoms with Crippen molar-refractivity contribution in [3.8, 4) is 0 Å². The minimum absolute atomic E-state index is 0.